The normalized spacial score (nSPS) is 23.3. The summed E-state index contributed by atoms with van der Waals surface area (Å²) in [4.78, 5) is 24.5. The number of nitrogens with zero attached hydrogens (tertiary/aromatic N) is 1. The van der Waals surface area contributed by atoms with Gasteiger partial charge in [-0.3, -0.25) is 9.59 Å². The van der Waals surface area contributed by atoms with Crippen LogP contribution in [0.15, 0.2) is 27.4 Å². The van der Waals surface area contributed by atoms with Crippen LogP contribution in [0.2, 0.25) is 0 Å². The molecule has 0 saturated carbocycles. The van der Waals surface area contributed by atoms with Gasteiger partial charge < -0.3 is 17.1 Å². The van der Waals surface area contributed by atoms with Crippen LogP contribution in [0.3, 0.4) is 0 Å². The molecule has 4 nitrogen and oxygen atoms in total. The molecule has 128 valence electrons. The van der Waals surface area contributed by atoms with E-state index in [-0.39, 0.29) is 36.6 Å². The summed E-state index contributed by atoms with van der Waals surface area (Å²) in [5, 5.41) is 0. The Morgan fingerprint density at radius 2 is 2.00 bits per heavy atom. The first kappa shape index (κ1) is 20.6. The highest BCUT2D eigenvalue weighted by Gasteiger charge is 2.51. The molecule has 0 amide bonds. The van der Waals surface area contributed by atoms with Crippen molar-refractivity contribution < 1.29 is 31.3 Å². The number of pyridine rings is 1. The second-order valence-electron chi connectivity index (χ2n) is 5.89. The number of esters is 1. The maximum atomic E-state index is 12.7. The molecule has 1 aromatic rings. The SMILES string of the molecule is CCCCC1CC(=O)OC1(C)C(=O)C[n+]1cc(Br)cc(Br)c1.[Cl-]. The third kappa shape index (κ3) is 5.00. The summed E-state index contributed by atoms with van der Waals surface area (Å²) < 4.78 is 8.98. The molecule has 7 heteroatoms. The Morgan fingerprint density at radius 3 is 2.57 bits per heavy atom. The van der Waals surface area contributed by atoms with Crippen LogP contribution >= 0.6 is 31.9 Å². The third-order valence-corrected chi connectivity index (χ3v) is 5.03. The van der Waals surface area contributed by atoms with Crippen LogP contribution in [0.1, 0.15) is 39.5 Å². The predicted octanol–water partition coefficient (Wildman–Crippen LogP) is 0.584. The highest BCUT2D eigenvalue weighted by atomic mass is 79.9. The second kappa shape index (κ2) is 8.58. The number of rotatable bonds is 6. The number of unbranched alkanes of at least 4 members (excludes halogenated alkanes) is 1. The van der Waals surface area contributed by atoms with Crippen molar-refractivity contribution in [2.45, 2.75) is 51.7 Å². The van der Waals surface area contributed by atoms with Gasteiger partial charge in [-0.1, -0.05) is 19.8 Å². The largest absolute Gasteiger partial charge is 1.00 e. The number of carbonyl (C=O) groups excluding carboxylic acids is 2. The van der Waals surface area contributed by atoms with Gasteiger partial charge in [-0.2, -0.15) is 4.57 Å². The molecule has 2 rings (SSSR count). The van der Waals surface area contributed by atoms with Crippen molar-refractivity contribution in [2.24, 2.45) is 5.92 Å². The van der Waals surface area contributed by atoms with Crippen molar-refractivity contribution in [1.29, 1.82) is 0 Å². The summed E-state index contributed by atoms with van der Waals surface area (Å²) in [5.41, 5.74) is -1.01. The van der Waals surface area contributed by atoms with Crippen LogP contribution in [0.25, 0.3) is 0 Å². The molecule has 2 unspecified atom stereocenters. The third-order valence-electron chi connectivity index (χ3n) is 4.16. The highest BCUT2D eigenvalue weighted by Crippen LogP contribution is 2.37. The predicted molar refractivity (Wildman–Crippen MR) is 89.2 cm³/mol. The standard InChI is InChI=1S/C16H20Br2NO3.ClH/c1-3-4-5-11-6-15(21)22-16(11,2)14(20)10-19-8-12(17)7-13(18)9-19;/h7-9,11H,3-6,10H2,1-2H3;1H/q+1;/p-1. The number of Topliss-reactive ketones (excluding diaryl/α,β-unsaturated/α-hetero) is 1. The Morgan fingerprint density at radius 1 is 1.39 bits per heavy atom. The molecule has 1 saturated heterocycles. The highest BCUT2D eigenvalue weighted by molar-refractivity contribution is 9.11. The molecular weight excluding hydrogens is 449 g/mol. The lowest BCUT2D eigenvalue weighted by molar-refractivity contribution is -0.686. The number of hydrogen-bond donors (Lipinski definition) is 0. The molecule has 1 aliphatic rings. The van der Waals surface area contributed by atoms with E-state index in [2.05, 4.69) is 38.8 Å². The monoisotopic (exact) mass is 467 g/mol. The van der Waals surface area contributed by atoms with Crippen molar-refractivity contribution >= 4 is 43.6 Å². The molecule has 0 spiro atoms. The van der Waals surface area contributed by atoms with E-state index < -0.39 is 5.60 Å². The second-order valence-corrected chi connectivity index (χ2v) is 7.72. The first-order valence-corrected chi connectivity index (χ1v) is 9.04. The summed E-state index contributed by atoms with van der Waals surface area (Å²) in [6, 6.07) is 1.91. The van der Waals surface area contributed by atoms with Gasteiger partial charge in [0.25, 0.3) is 0 Å². The van der Waals surface area contributed by atoms with E-state index in [4.69, 9.17) is 4.74 Å². The zero-order valence-corrected chi connectivity index (χ0v) is 17.1. The van der Waals surface area contributed by atoms with Gasteiger partial charge in [-0.05, 0) is 51.3 Å². The quantitative estimate of drug-likeness (QED) is 0.453. The van der Waals surface area contributed by atoms with Gasteiger partial charge in [0, 0.05) is 5.92 Å². The molecule has 23 heavy (non-hydrogen) atoms. The minimum atomic E-state index is -1.01. The first-order chi connectivity index (χ1) is 10.3. The topological polar surface area (TPSA) is 47.3 Å². The molecule has 1 aromatic heterocycles. The van der Waals surface area contributed by atoms with Crippen LogP contribution in [0.4, 0.5) is 0 Å². The van der Waals surface area contributed by atoms with Gasteiger partial charge in [0.1, 0.15) is 0 Å². The van der Waals surface area contributed by atoms with Gasteiger partial charge in [0.15, 0.2) is 18.0 Å². The molecule has 1 fully saturated rings. The number of carbonyl (C=O) groups is 2. The van der Waals surface area contributed by atoms with Crippen molar-refractivity contribution in [1.82, 2.24) is 0 Å². The fraction of sp³-hybridized carbons (Fsp3) is 0.562. The zero-order valence-electron chi connectivity index (χ0n) is 13.2. The molecule has 0 N–H and O–H groups in total. The summed E-state index contributed by atoms with van der Waals surface area (Å²) in [5.74, 6) is -0.351. The lowest BCUT2D eigenvalue weighted by Crippen LogP contribution is -3.00. The molecule has 0 aromatic carbocycles. The van der Waals surface area contributed by atoms with Crippen LogP contribution < -0.4 is 17.0 Å². The van der Waals surface area contributed by atoms with Gasteiger partial charge >= 0.3 is 5.97 Å². The van der Waals surface area contributed by atoms with Crippen molar-refractivity contribution in [3.8, 4) is 0 Å². The van der Waals surface area contributed by atoms with Gasteiger partial charge in [0.05, 0.1) is 15.4 Å². The number of ketones is 1. The zero-order chi connectivity index (χ0) is 16.3. The Kier molecular flexibility index (Phi) is 7.68. The van der Waals surface area contributed by atoms with Gasteiger partial charge in [-0.15, -0.1) is 0 Å². The van der Waals surface area contributed by atoms with Crippen LogP contribution in [0, 0.1) is 5.92 Å². The molecule has 2 heterocycles. The van der Waals surface area contributed by atoms with Crippen LogP contribution in [0.5, 0.6) is 0 Å². The smallest absolute Gasteiger partial charge is 0.307 e. The Bertz CT molecular complexity index is 576. The van der Waals surface area contributed by atoms with E-state index in [1.54, 1.807) is 11.5 Å². The number of halogens is 3. The Balaban J connectivity index is 0.00000264. The lowest BCUT2D eigenvalue weighted by Gasteiger charge is -2.26. The average Bonchev–Trinajstić information content (AvgIpc) is 2.71. The molecule has 1 aliphatic heterocycles. The minimum Gasteiger partial charge on any atom is -1.00 e. The number of hydrogen-bond acceptors (Lipinski definition) is 3. The maximum Gasteiger partial charge on any atom is 0.307 e. The fourth-order valence-corrected chi connectivity index (χ4v) is 4.17. The fourth-order valence-electron chi connectivity index (χ4n) is 2.84. The molecule has 2 atom stereocenters. The number of cyclic esters (lactones) is 1. The molecular formula is C16H20Br2ClNO3. The van der Waals surface area contributed by atoms with E-state index in [1.165, 1.54) is 0 Å². The summed E-state index contributed by atoms with van der Waals surface area (Å²) in [6.45, 7) is 4.05. The first-order valence-electron chi connectivity index (χ1n) is 7.45. The molecule has 0 aliphatic carbocycles. The molecule has 0 bridgehead atoms. The maximum absolute atomic E-state index is 12.7. The number of aromatic nitrogens is 1. The number of ether oxygens (including phenoxy) is 1. The van der Waals surface area contributed by atoms with E-state index in [0.29, 0.717) is 6.42 Å². The van der Waals surface area contributed by atoms with E-state index >= 15 is 0 Å². The molecule has 0 radical (unpaired) electrons. The Labute approximate surface area is 159 Å². The van der Waals surface area contributed by atoms with Crippen molar-refractivity contribution in [3.63, 3.8) is 0 Å². The van der Waals surface area contributed by atoms with Crippen LogP contribution in [-0.2, 0) is 20.9 Å². The van der Waals surface area contributed by atoms with Gasteiger partial charge in [0.2, 0.25) is 12.3 Å². The minimum absolute atomic E-state index is 0. The summed E-state index contributed by atoms with van der Waals surface area (Å²) in [6.07, 6.45) is 6.90. The average molecular weight is 470 g/mol. The van der Waals surface area contributed by atoms with Crippen molar-refractivity contribution in [2.75, 3.05) is 0 Å². The Hall–Kier alpha value is -0.460. The van der Waals surface area contributed by atoms with Crippen LogP contribution in [-0.4, -0.2) is 17.4 Å². The summed E-state index contributed by atoms with van der Waals surface area (Å²) >= 11 is 6.82. The van der Waals surface area contributed by atoms with E-state index in [0.717, 1.165) is 28.2 Å². The lowest BCUT2D eigenvalue weighted by atomic mass is 9.82. The van der Waals surface area contributed by atoms with Gasteiger partial charge in [-0.25, -0.2) is 0 Å². The van der Waals surface area contributed by atoms with Crippen molar-refractivity contribution in [3.05, 3.63) is 27.4 Å². The van der Waals surface area contributed by atoms with E-state index in [9.17, 15) is 9.59 Å². The summed E-state index contributed by atoms with van der Waals surface area (Å²) in [7, 11) is 0. The van der Waals surface area contributed by atoms with E-state index in [1.807, 2.05) is 18.5 Å².